The molecule has 29 heavy (non-hydrogen) atoms. The molecule has 1 aromatic heterocycles. The predicted molar refractivity (Wildman–Crippen MR) is 114 cm³/mol. The van der Waals surface area contributed by atoms with Gasteiger partial charge in [0, 0.05) is 17.1 Å². The topological polar surface area (TPSA) is 99.2 Å². The fraction of sp³-hybridized carbons (Fsp3) is 0.190. The Balaban J connectivity index is 1.68. The minimum absolute atomic E-state index is 0.157. The van der Waals surface area contributed by atoms with Crippen LogP contribution < -0.4 is 11.1 Å². The number of aryl methyl sites for hydroxylation is 2. The Morgan fingerprint density at radius 3 is 2.59 bits per heavy atom. The lowest BCUT2D eigenvalue weighted by Crippen LogP contribution is -2.19. The number of amides is 1. The summed E-state index contributed by atoms with van der Waals surface area (Å²) in [5.74, 6) is -0.652. The highest BCUT2D eigenvalue weighted by Crippen LogP contribution is 2.25. The van der Waals surface area contributed by atoms with E-state index in [0.29, 0.717) is 24.3 Å². The van der Waals surface area contributed by atoms with Crippen LogP contribution in [0.25, 0.3) is 0 Å². The standard InChI is InChI=1S/C21H22N4O3S/c1-28-21(27)20-17(13-23-25(20)12-11-15-7-3-2-4-8-15)24-19(26)14-29-18-10-6-5-9-16(18)22/h2-10,13H,11-12,14,22H2,1H3,(H,24,26). The number of nitrogens with zero attached hydrogens (tertiary/aromatic N) is 2. The number of nitrogens with two attached hydrogens (primary N) is 1. The molecule has 150 valence electrons. The van der Waals surface area contributed by atoms with Crippen molar-refractivity contribution in [2.24, 2.45) is 0 Å². The van der Waals surface area contributed by atoms with Gasteiger partial charge in [-0.3, -0.25) is 9.48 Å². The van der Waals surface area contributed by atoms with Crippen molar-refractivity contribution < 1.29 is 14.3 Å². The summed E-state index contributed by atoms with van der Waals surface area (Å²) in [4.78, 5) is 25.5. The summed E-state index contributed by atoms with van der Waals surface area (Å²) in [5.41, 5.74) is 8.20. The highest BCUT2D eigenvalue weighted by atomic mass is 32.2. The van der Waals surface area contributed by atoms with Crippen LogP contribution in [0.5, 0.6) is 0 Å². The number of aromatic nitrogens is 2. The van der Waals surface area contributed by atoms with Crippen molar-refractivity contribution >= 4 is 35.0 Å². The molecule has 0 saturated carbocycles. The van der Waals surface area contributed by atoms with Crippen molar-refractivity contribution in [2.45, 2.75) is 17.9 Å². The average molecular weight is 410 g/mol. The van der Waals surface area contributed by atoms with Crippen molar-refractivity contribution in [3.05, 3.63) is 72.1 Å². The van der Waals surface area contributed by atoms with Gasteiger partial charge in [0.2, 0.25) is 5.91 Å². The Bertz CT molecular complexity index is 989. The molecule has 0 aliphatic carbocycles. The van der Waals surface area contributed by atoms with Crippen LogP contribution in [-0.4, -0.2) is 34.5 Å². The Hall–Kier alpha value is -3.26. The summed E-state index contributed by atoms with van der Waals surface area (Å²) in [6.07, 6.45) is 2.17. The van der Waals surface area contributed by atoms with E-state index in [1.54, 1.807) is 10.7 Å². The Morgan fingerprint density at radius 2 is 1.86 bits per heavy atom. The first-order valence-electron chi connectivity index (χ1n) is 9.03. The maximum absolute atomic E-state index is 12.4. The molecule has 3 aromatic rings. The summed E-state index contributed by atoms with van der Waals surface area (Å²) < 4.78 is 6.43. The molecule has 3 N–H and O–H groups in total. The van der Waals surface area contributed by atoms with Crippen molar-refractivity contribution in [2.75, 3.05) is 23.9 Å². The Kier molecular flexibility index (Phi) is 6.91. The largest absolute Gasteiger partial charge is 0.464 e. The van der Waals surface area contributed by atoms with E-state index in [9.17, 15) is 9.59 Å². The summed E-state index contributed by atoms with van der Waals surface area (Å²) >= 11 is 1.33. The predicted octanol–water partition coefficient (Wildman–Crippen LogP) is 3.23. The van der Waals surface area contributed by atoms with Gasteiger partial charge in [-0.15, -0.1) is 11.8 Å². The van der Waals surface area contributed by atoms with E-state index >= 15 is 0 Å². The molecule has 1 amide bonds. The van der Waals surface area contributed by atoms with Gasteiger partial charge >= 0.3 is 5.97 Å². The first kappa shape index (κ1) is 20.5. The lowest BCUT2D eigenvalue weighted by atomic mass is 10.1. The van der Waals surface area contributed by atoms with Crippen LogP contribution in [0.2, 0.25) is 0 Å². The number of hydrogen-bond donors (Lipinski definition) is 2. The van der Waals surface area contributed by atoms with Crippen LogP contribution in [0.15, 0.2) is 65.7 Å². The highest BCUT2D eigenvalue weighted by molar-refractivity contribution is 8.00. The molecule has 1 heterocycles. The van der Waals surface area contributed by atoms with Gasteiger partial charge in [0.15, 0.2) is 5.69 Å². The molecule has 8 heteroatoms. The number of ether oxygens (including phenoxy) is 1. The number of thioether (sulfide) groups is 1. The number of nitrogens with one attached hydrogen (secondary N) is 1. The summed E-state index contributed by atoms with van der Waals surface area (Å²) in [6.45, 7) is 0.486. The molecule has 2 aromatic carbocycles. The molecule has 7 nitrogen and oxygen atoms in total. The number of anilines is 2. The number of para-hydroxylation sites is 1. The van der Waals surface area contributed by atoms with Crippen LogP contribution in [0.4, 0.5) is 11.4 Å². The summed E-state index contributed by atoms with van der Waals surface area (Å²) in [5, 5.41) is 7.01. The molecule has 0 aliphatic heterocycles. The van der Waals surface area contributed by atoms with Crippen molar-refractivity contribution in [1.82, 2.24) is 9.78 Å². The molecule has 0 spiro atoms. The second kappa shape index (κ2) is 9.79. The normalized spacial score (nSPS) is 10.5. The lowest BCUT2D eigenvalue weighted by molar-refractivity contribution is -0.113. The van der Waals surface area contributed by atoms with Gasteiger partial charge in [-0.2, -0.15) is 5.10 Å². The number of nitrogen functional groups attached to an aromatic ring is 1. The van der Waals surface area contributed by atoms with E-state index in [4.69, 9.17) is 10.5 Å². The third-order valence-corrected chi connectivity index (χ3v) is 5.31. The second-order valence-corrected chi connectivity index (χ2v) is 7.25. The summed E-state index contributed by atoms with van der Waals surface area (Å²) in [6, 6.07) is 17.2. The number of carbonyl (C=O) groups is 2. The first-order chi connectivity index (χ1) is 14.1. The molecule has 0 fully saturated rings. The average Bonchev–Trinajstić information content (AvgIpc) is 3.14. The van der Waals surface area contributed by atoms with Crippen LogP contribution >= 0.6 is 11.8 Å². The van der Waals surface area contributed by atoms with Gasteiger partial charge < -0.3 is 15.8 Å². The van der Waals surface area contributed by atoms with Gasteiger partial charge in [-0.25, -0.2) is 4.79 Å². The summed E-state index contributed by atoms with van der Waals surface area (Å²) in [7, 11) is 1.30. The van der Waals surface area contributed by atoms with Crippen molar-refractivity contribution in [3.63, 3.8) is 0 Å². The quantitative estimate of drug-likeness (QED) is 0.336. The molecule has 3 rings (SSSR count). The first-order valence-corrected chi connectivity index (χ1v) is 10.0. The van der Waals surface area contributed by atoms with Gasteiger partial charge in [0.1, 0.15) is 0 Å². The van der Waals surface area contributed by atoms with Crippen molar-refractivity contribution in [1.29, 1.82) is 0 Å². The number of rotatable bonds is 8. The van der Waals surface area contributed by atoms with E-state index in [-0.39, 0.29) is 17.4 Å². The van der Waals surface area contributed by atoms with E-state index in [1.807, 2.05) is 48.5 Å². The SMILES string of the molecule is COC(=O)c1c(NC(=O)CSc2ccccc2N)cnn1CCc1ccccc1. The number of benzene rings is 2. The third kappa shape index (κ3) is 5.39. The Morgan fingerprint density at radius 1 is 1.14 bits per heavy atom. The zero-order valence-electron chi connectivity index (χ0n) is 16.0. The van der Waals surface area contributed by atoms with Gasteiger partial charge in [0.25, 0.3) is 0 Å². The number of hydrogen-bond acceptors (Lipinski definition) is 6. The van der Waals surface area contributed by atoms with Crippen molar-refractivity contribution in [3.8, 4) is 0 Å². The smallest absolute Gasteiger partial charge is 0.358 e. The van der Waals surface area contributed by atoms with Crippen LogP contribution in [0.3, 0.4) is 0 Å². The van der Waals surface area contributed by atoms with E-state index < -0.39 is 5.97 Å². The third-order valence-electron chi connectivity index (χ3n) is 4.23. The monoisotopic (exact) mass is 410 g/mol. The zero-order valence-corrected chi connectivity index (χ0v) is 16.8. The minimum Gasteiger partial charge on any atom is -0.464 e. The fourth-order valence-electron chi connectivity index (χ4n) is 2.78. The number of carbonyl (C=O) groups excluding carboxylic acids is 2. The molecule has 0 atom stereocenters. The van der Waals surface area contributed by atoms with Crippen LogP contribution in [0, 0.1) is 0 Å². The highest BCUT2D eigenvalue weighted by Gasteiger charge is 2.21. The minimum atomic E-state index is -0.550. The van der Waals surface area contributed by atoms with Gasteiger partial charge in [-0.05, 0) is 24.1 Å². The molecular weight excluding hydrogens is 388 g/mol. The number of methoxy groups -OCH3 is 1. The molecule has 0 unspecified atom stereocenters. The van der Waals surface area contributed by atoms with E-state index in [2.05, 4.69) is 10.4 Å². The second-order valence-electron chi connectivity index (χ2n) is 6.23. The van der Waals surface area contributed by atoms with Gasteiger partial charge in [-0.1, -0.05) is 42.5 Å². The fourth-order valence-corrected chi connectivity index (χ4v) is 3.55. The molecular formula is C21H22N4O3S. The molecule has 0 bridgehead atoms. The molecule has 0 saturated heterocycles. The van der Waals surface area contributed by atoms with E-state index in [1.165, 1.54) is 25.1 Å². The van der Waals surface area contributed by atoms with E-state index in [0.717, 1.165) is 10.5 Å². The molecule has 0 radical (unpaired) electrons. The lowest BCUT2D eigenvalue weighted by Gasteiger charge is -2.09. The van der Waals surface area contributed by atoms with Crippen LogP contribution in [-0.2, 0) is 22.5 Å². The van der Waals surface area contributed by atoms with Crippen LogP contribution in [0.1, 0.15) is 16.1 Å². The maximum atomic E-state index is 12.4. The maximum Gasteiger partial charge on any atom is 0.358 e. The number of esters is 1. The zero-order chi connectivity index (χ0) is 20.6. The van der Waals surface area contributed by atoms with Gasteiger partial charge in [0.05, 0.1) is 24.7 Å². The Labute approximate surface area is 173 Å². The molecule has 0 aliphatic rings.